The first-order valence-corrected chi connectivity index (χ1v) is 8.01. The lowest BCUT2D eigenvalue weighted by Gasteiger charge is -2.28. The van der Waals surface area contributed by atoms with Crippen molar-refractivity contribution in [2.75, 3.05) is 20.7 Å². The number of benzene rings is 2. The summed E-state index contributed by atoms with van der Waals surface area (Å²) in [6, 6.07) is 13.0. The highest BCUT2D eigenvalue weighted by atomic mass is 19.1. The Bertz CT molecular complexity index is 685. The third-order valence-electron chi connectivity index (χ3n) is 4.23. The second-order valence-electron chi connectivity index (χ2n) is 6.32. The van der Waals surface area contributed by atoms with Crippen molar-refractivity contribution in [1.29, 1.82) is 0 Å². The lowest BCUT2D eigenvalue weighted by Crippen LogP contribution is -2.38. The van der Waals surface area contributed by atoms with E-state index in [0.29, 0.717) is 19.4 Å². The minimum atomic E-state index is -0.620. The maximum Gasteiger partial charge on any atom is 0.165 e. The molecule has 2 aromatic carbocycles. The second-order valence-corrected chi connectivity index (χ2v) is 6.32. The van der Waals surface area contributed by atoms with Crippen LogP contribution in [0.5, 0.6) is 5.75 Å². The highest BCUT2D eigenvalue weighted by molar-refractivity contribution is 5.62. The molecule has 2 aromatic rings. The molecule has 0 aliphatic rings. The summed E-state index contributed by atoms with van der Waals surface area (Å²) in [4.78, 5) is 11.9. The lowest BCUT2D eigenvalue weighted by atomic mass is 9.77. The van der Waals surface area contributed by atoms with Crippen molar-refractivity contribution in [3.8, 4) is 5.75 Å². The van der Waals surface area contributed by atoms with Gasteiger partial charge in [-0.05, 0) is 50.1 Å². The molecule has 128 valence electrons. The van der Waals surface area contributed by atoms with Gasteiger partial charge in [0.05, 0.1) is 7.11 Å². The standard InChI is InChI=1S/C20H24FNO2/c1-15-4-6-16(7-5-15)11-20(14-23,13-22-2)12-17-8-9-19(24-3)18(21)10-17/h4-10,14,22H,11-13H2,1-3H3. The first-order valence-electron chi connectivity index (χ1n) is 8.01. The molecule has 0 aromatic heterocycles. The molecule has 0 radical (unpaired) electrons. The van der Waals surface area contributed by atoms with Crippen LogP contribution in [-0.4, -0.2) is 27.0 Å². The number of nitrogens with one attached hydrogen (secondary N) is 1. The second kappa shape index (κ2) is 8.06. The Kier molecular flexibility index (Phi) is 6.10. The van der Waals surface area contributed by atoms with Crippen molar-refractivity contribution in [1.82, 2.24) is 5.32 Å². The minimum absolute atomic E-state index is 0.211. The normalized spacial score (nSPS) is 13.3. The number of hydrogen-bond acceptors (Lipinski definition) is 3. The Balaban J connectivity index is 2.27. The number of aryl methyl sites for hydroxylation is 1. The molecular formula is C20H24FNO2. The summed E-state index contributed by atoms with van der Waals surface area (Å²) in [5, 5.41) is 3.10. The van der Waals surface area contributed by atoms with E-state index in [1.54, 1.807) is 6.07 Å². The molecule has 3 nitrogen and oxygen atoms in total. The van der Waals surface area contributed by atoms with Crippen LogP contribution in [-0.2, 0) is 17.6 Å². The maximum atomic E-state index is 14.0. The smallest absolute Gasteiger partial charge is 0.165 e. The van der Waals surface area contributed by atoms with Crippen molar-refractivity contribution >= 4 is 6.29 Å². The SMILES string of the molecule is CNCC(C=O)(Cc1ccc(C)cc1)Cc1ccc(OC)c(F)c1. The summed E-state index contributed by atoms with van der Waals surface area (Å²) in [7, 11) is 3.26. The first kappa shape index (κ1) is 18.1. The van der Waals surface area contributed by atoms with Crippen molar-refractivity contribution in [2.24, 2.45) is 5.41 Å². The van der Waals surface area contributed by atoms with Gasteiger partial charge >= 0.3 is 0 Å². The minimum Gasteiger partial charge on any atom is -0.494 e. The van der Waals surface area contributed by atoms with Crippen molar-refractivity contribution < 1.29 is 13.9 Å². The number of rotatable bonds is 8. The summed E-state index contributed by atoms with van der Waals surface area (Å²) in [5.74, 6) is -0.197. The van der Waals surface area contributed by atoms with Crippen LogP contribution in [0.15, 0.2) is 42.5 Å². The van der Waals surface area contributed by atoms with Crippen molar-refractivity contribution in [3.63, 3.8) is 0 Å². The molecule has 0 bridgehead atoms. The van der Waals surface area contributed by atoms with E-state index in [9.17, 15) is 9.18 Å². The number of methoxy groups -OCH3 is 1. The molecule has 0 amide bonds. The maximum absolute atomic E-state index is 14.0. The Labute approximate surface area is 142 Å². The molecule has 0 aliphatic heterocycles. The first-order chi connectivity index (χ1) is 11.5. The summed E-state index contributed by atoms with van der Waals surface area (Å²) in [6.07, 6.45) is 2.06. The van der Waals surface area contributed by atoms with Crippen LogP contribution >= 0.6 is 0 Å². The van der Waals surface area contributed by atoms with E-state index in [1.807, 2.05) is 44.3 Å². The van der Waals surface area contributed by atoms with Gasteiger partial charge in [-0.1, -0.05) is 35.9 Å². The summed E-state index contributed by atoms with van der Waals surface area (Å²) < 4.78 is 18.9. The van der Waals surface area contributed by atoms with Crippen LogP contribution < -0.4 is 10.1 Å². The predicted molar refractivity (Wildman–Crippen MR) is 94.0 cm³/mol. The average molecular weight is 329 g/mol. The topological polar surface area (TPSA) is 38.3 Å². The van der Waals surface area contributed by atoms with Crippen LogP contribution in [0.1, 0.15) is 16.7 Å². The summed E-state index contributed by atoms with van der Waals surface area (Å²) in [6.45, 7) is 2.56. The van der Waals surface area contributed by atoms with E-state index >= 15 is 0 Å². The van der Waals surface area contributed by atoms with Crippen LogP contribution in [0.2, 0.25) is 0 Å². The number of aldehydes is 1. The molecule has 2 rings (SSSR count). The zero-order chi connectivity index (χ0) is 17.6. The molecule has 0 saturated heterocycles. The molecule has 4 heteroatoms. The van der Waals surface area contributed by atoms with Gasteiger partial charge in [0.25, 0.3) is 0 Å². The van der Waals surface area contributed by atoms with Gasteiger partial charge in [0.2, 0.25) is 0 Å². The monoisotopic (exact) mass is 329 g/mol. The molecule has 0 fully saturated rings. The van der Waals surface area contributed by atoms with E-state index in [4.69, 9.17) is 4.74 Å². The van der Waals surface area contributed by atoms with E-state index in [-0.39, 0.29) is 5.75 Å². The van der Waals surface area contributed by atoms with Gasteiger partial charge in [-0.15, -0.1) is 0 Å². The molecule has 1 N–H and O–H groups in total. The van der Waals surface area contributed by atoms with E-state index in [1.165, 1.54) is 18.7 Å². The largest absolute Gasteiger partial charge is 0.494 e. The third kappa shape index (κ3) is 4.42. The zero-order valence-corrected chi connectivity index (χ0v) is 14.4. The van der Waals surface area contributed by atoms with Crippen LogP contribution in [0, 0.1) is 18.2 Å². The number of ether oxygens (including phenoxy) is 1. The fraction of sp³-hybridized carbons (Fsp3) is 0.350. The van der Waals surface area contributed by atoms with E-state index in [0.717, 1.165) is 17.4 Å². The van der Waals surface area contributed by atoms with Crippen LogP contribution in [0.3, 0.4) is 0 Å². The predicted octanol–water partition coefficient (Wildman–Crippen LogP) is 3.33. The number of halogens is 1. The molecular weight excluding hydrogens is 305 g/mol. The van der Waals surface area contributed by atoms with Gasteiger partial charge in [0, 0.05) is 12.0 Å². The Morgan fingerprint density at radius 1 is 1.12 bits per heavy atom. The summed E-state index contributed by atoms with van der Waals surface area (Å²) >= 11 is 0. The number of carbonyl (C=O) groups is 1. The highest BCUT2D eigenvalue weighted by Gasteiger charge is 2.30. The van der Waals surface area contributed by atoms with Gasteiger partial charge < -0.3 is 14.8 Å². The van der Waals surface area contributed by atoms with Gasteiger partial charge in [-0.2, -0.15) is 0 Å². The third-order valence-corrected chi connectivity index (χ3v) is 4.23. The molecule has 0 saturated carbocycles. The molecule has 24 heavy (non-hydrogen) atoms. The van der Waals surface area contributed by atoms with E-state index in [2.05, 4.69) is 5.32 Å². The molecule has 1 atom stereocenters. The summed E-state index contributed by atoms with van der Waals surface area (Å²) in [5.41, 5.74) is 2.44. The quantitative estimate of drug-likeness (QED) is 0.755. The Morgan fingerprint density at radius 3 is 2.29 bits per heavy atom. The molecule has 1 unspecified atom stereocenters. The number of hydrogen-bond donors (Lipinski definition) is 1. The fourth-order valence-corrected chi connectivity index (χ4v) is 3.00. The van der Waals surface area contributed by atoms with Crippen molar-refractivity contribution in [3.05, 3.63) is 65.0 Å². The molecule has 0 aliphatic carbocycles. The average Bonchev–Trinajstić information content (AvgIpc) is 2.57. The fourth-order valence-electron chi connectivity index (χ4n) is 3.00. The van der Waals surface area contributed by atoms with Gasteiger partial charge in [-0.25, -0.2) is 4.39 Å². The Morgan fingerprint density at radius 2 is 1.75 bits per heavy atom. The van der Waals surface area contributed by atoms with Gasteiger partial charge in [0.15, 0.2) is 11.6 Å². The van der Waals surface area contributed by atoms with Crippen LogP contribution in [0.4, 0.5) is 4.39 Å². The molecule has 0 heterocycles. The number of carbonyl (C=O) groups excluding carboxylic acids is 1. The van der Waals surface area contributed by atoms with Gasteiger partial charge in [0.1, 0.15) is 6.29 Å². The molecule has 0 spiro atoms. The highest BCUT2D eigenvalue weighted by Crippen LogP contribution is 2.28. The van der Waals surface area contributed by atoms with Crippen LogP contribution in [0.25, 0.3) is 0 Å². The lowest BCUT2D eigenvalue weighted by molar-refractivity contribution is -0.116. The Hall–Kier alpha value is -2.20. The van der Waals surface area contributed by atoms with Gasteiger partial charge in [-0.3, -0.25) is 0 Å². The van der Waals surface area contributed by atoms with E-state index < -0.39 is 11.2 Å². The van der Waals surface area contributed by atoms with Crippen molar-refractivity contribution in [2.45, 2.75) is 19.8 Å². The zero-order valence-electron chi connectivity index (χ0n) is 14.4.